The highest BCUT2D eigenvalue weighted by Gasteiger charge is 2.32. The molecule has 1 fully saturated rings. The Morgan fingerprint density at radius 3 is 2.47 bits per heavy atom. The number of anilines is 1. The van der Waals surface area contributed by atoms with Crippen molar-refractivity contribution >= 4 is 33.6 Å². The summed E-state index contributed by atoms with van der Waals surface area (Å²) in [6.45, 7) is 6.24. The molecule has 0 radical (unpaired) electrons. The van der Waals surface area contributed by atoms with Crippen molar-refractivity contribution in [2.45, 2.75) is 51.7 Å². The second-order valence-corrected chi connectivity index (χ2v) is 9.06. The average molecular weight is 439 g/mol. The van der Waals surface area contributed by atoms with Crippen LogP contribution in [0.15, 0.2) is 24.4 Å². The number of rotatable bonds is 3. The molecule has 3 aromatic rings. The first-order valence-corrected chi connectivity index (χ1v) is 10.8. The lowest BCUT2D eigenvalue weighted by molar-refractivity contribution is 0.00903. The van der Waals surface area contributed by atoms with Crippen LogP contribution in [-0.2, 0) is 4.74 Å². The minimum atomic E-state index is -0.563. The maximum absolute atomic E-state index is 12.9. The van der Waals surface area contributed by atoms with E-state index in [4.69, 9.17) is 19.9 Å². The fraction of sp³-hybridized carbons (Fsp3) is 0.458. The molecule has 2 aromatic heterocycles. The Morgan fingerprint density at radius 2 is 1.78 bits per heavy atom. The summed E-state index contributed by atoms with van der Waals surface area (Å²) in [6, 6.07) is 5.56. The van der Waals surface area contributed by atoms with Gasteiger partial charge in [0.25, 0.3) is 0 Å². The zero-order valence-electron chi connectivity index (χ0n) is 19.3. The van der Waals surface area contributed by atoms with E-state index in [1.807, 2.05) is 39.0 Å². The normalized spacial score (nSPS) is 16.9. The molecule has 1 unspecified atom stereocenters. The Hall–Kier alpha value is -3.29. The SMILES string of the molecule is COc1cc2ncc3c(N)nc(C4CCCCN4C(=O)OC(C)(C)C)cc3c2cc1OC. The number of methoxy groups -OCH3 is 2. The number of benzene rings is 1. The van der Waals surface area contributed by atoms with Gasteiger partial charge in [0.2, 0.25) is 0 Å². The molecule has 0 saturated carbocycles. The van der Waals surface area contributed by atoms with Gasteiger partial charge in [-0.3, -0.25) is 9.88 Å². The smallest absolute Gasteiger partial charge is 0.410 e. The molecular formula is C24H30N4O4. The number of fused-ring (bicyclic) bond motifs is 3. The summed E-state index contributed by atoms with van der Waals surface area (Å²) in [5, 5.41) is 2.55. The lowest BCUT2D eigenvalue weighted by Crippen LogP contribution is -2.42. The van der Waals surface area contributed by atoms with Crippen LogP contribution < -0.4 is 15.2 Å². The Balaban J connectivity index is 1.85. The molecular weight excluding hydrogens is 408 g/mol. The van der Waals surface area contributed by atoms with Crippen LogP contribution in [0.5, 0.6) is 11.5 Å². The van der Waals surface area contributed by atoms with Crippen LogP contribution in [0.4, 0.5) is 10.6 Å². The fourth-order valence-corrected chi connectivity index (χ4v) is 4.23. The molecule has 32 heavy (non-hydrogen) atoms. The topological polar surface area (TPSA) is 99.8 Å². The first kappa shape index (κ1) is 21.9. The van der Waals surface area contributed by atoms with Crippen molar-refractivity contribution in [2.75, 3.05) is 26.5 Å². The molecule has 1 atom stereocenters. The Bertz CT molecular complexity index is 1170. The monoisotopic (exact) mass is 438 g/mol. The molecule has 1 saturated heterocycles. The van der Waals surface area contributed by atoms with Gasteiger partial charge < -0.3 is 19.9 Å². The van der Waals surface area contributed by atoms with Crippen LogP contribution >= 0.6 is 0 Å². The highest BCUT2D eigenvalue weighted by Crippen LogP contribution is 2.38. The van der Waals surface area contributed by atoms with Gasteiger partial charge in [-0.25, -0.2) is 9.78 Å². The number of amides is 1. The molecule has 0 aliphatic carbocycles. The second kappa shape index (κ2) is 8.33. The number of aromatic nitrogens is 2. The van der Waals surface area contributed by atoms with Gasteiger partial charge in [0.15, 0.2) is 11.5 Å². The van der Waals surface area contributed by atoms with E-state index in [9.17, 15) is 4.79 Å². The highest BCUT2D eigenvalue weighted by atomic mass is 16.6. The van der Waals surface area contributed by atoms with Crippen molar-refractivity contribution in [1.29, 1.82) is 0 Å². The van der Waals surface area contributed by atoms with Gasteiger partial charge in [0, 0.05) is 29.6 Å². The number of nitrogens with two attached hydrogens (primary N) is 1. The number of hydrogen-bond donors (Lipinski definition) is 1. The molecule has 4 rings (SSSR count). The maximum atomic E-state index is 12.9. The quantitative estimate of drug-likeness (QED) is 0.584. The number of carbonyl (C=O) groups is 1. The molecule has 0 bridgehead atoms. The highest BCUT2D eigenvalue weighted by molar-refractivity contribution is 6.09. The standard InChI is InChI=1S/C24H30N4O4/c1-24(2,3)32-23(29)28-9-7-6-8-19(28)18-10-14-15-11-20(30-4)21(31-5)12-17(15)26-13-16(14)22(25)27-18/h10-13,19H,6-9H2,1-5H3,(H2,25,27). The average Bonchev–Trinajstić information content (AvgIpc) is 2.76. The van der Waals surface area contributed by atoms with Gasteiger partial charge in [0.05, 0.1) is 31.5 Å². The molecule has 1 aliphatic heterocycles. The third kappa shape index (κ3) is 4.09. The Labute approximate surface area is 187 Å². The molecule has 0 spiro atoms. The van der Waals surface area contributed by atoms with E-state index in [0.717, 1.165) is 46.6 Å². The molecule has 1 aromatic carbocycles. The summed E-state index contributed by atoms with van der Waals surface area (Å²) >= 11 is 0. The Morgan fingerprint density at radius 1 is 1.06 bits per heavy atom. The van der Waals surface area contributed by atoms with E-state index >= 15 is 0 Å². The predicted octanol–water partition coefficient (Wildman–Crippen LogP) is 4.84. The molecule has 8 nitrogen and oxygen atoms in total. The van der Waals surface area contributed by atoms with Gasteiger partial charge in [-0.15, -0.1) is 0 Å². The summed E-state index contributed by atoms with van der Waals surface area (Å²) in [5.41, 5.74) is 7.32. The van der Waals surface area contributed by atoms with Gasteiger partial charge in [-0.1, -0.05) is 0 Å². The van der Waals surface area contributed by atoms with Crippen molar-refractivity contribution in [1.82, 2.24) is 14.9 Å². The number of pyridine rings is 2. The molecule has 8 heteroatoms. The number of ether oxygens (including phenoxy) is 3. The van der Waals surface area contributed by atoms with Gasteiger partial charge >= 0.3 is 6.09 Å². The van der Waals surface area contributed by atoms with E-state index < -0.39 is 5.60 Å². The van der Waals surface area contributed by atoms with Crippen LogP contribution in [-0.4, -0.2) is 47.3 Å². The largest absolute Gasteiger partial charge is 0.493 e. The van der Waals surface area contributed by atoms with Crippen molar-refractivity contribution < 1.29 is 19.0 Å². The van der Waals surface area contributed by atoms with Gasteiger partial charge in [-0.05, 0) is 57.6 Å². The lowest BCUT2D eigenvalue weighted by Gasteiger charge is -2.36. The lowest BCUT2D eigenvalue weighted by atomic mass is 9.97. The van der Waals surface area contributed by atoms with E-state index in [1.54, 1.807) is 25.3 Å². The second-order valence-electron chi connectivity index (χ2n) is 9.06. The molecule has 170 valence electrons. The summed E-state index contributed by atoms with van der Waals surface area (Å²) in [7, 11) is 3.20. The van der Waals surface area contributed by atoms with Crippen LogP contribution in [0, 0.1) is 0 Å². The molecule has 2 N–H and O–H groups in total. The summed E-state index contributed by atoms with van der Waals surface area (Å²) < 4.78 is 16.6. The van der Waals surface area contributed by atoms with Gasteiger partial charge in [-0.2, -0.15) is 0 Å². The predicted molar refractivity (Wildman–Crippen MR) is 124 cm³/mol. The number of piperidine rings is 1. The minimum absolute atomic E-state index is 0.200. The first-order valence-electron chi connectivity index (χ1n) is 10.8. The van der Waals surface area contributed by atoms with Crippen molar-refractivity contribution in [3.8, 4) is 11.5 Å². The summed E-state index contributed by atoms with van der Waals surface area (Å²) in [5.74, 6) is 1.60. The summed E-state index contributed by atoms with van der Waals surface area (Å²) in [4.78, 5) is 23.9. The van der Waals surface area contributed by atoms with E-state index in [2.05, 4.69) is 9.97 Å². The molecule has 3 heterocycles. The zero-order valence-corrected chi connectivity index (χ0v) is 19.3. The Kier molecular flexibility index (Phi) is 5.71. The number of carbonyl (C=O) groups excluding carboxylic acids is 1. The number of nitrogens with zero attached hydrogens (tertiary/aromatic N) is 3. The first-order chi connectivity index (χ1) is 15.2. The van der Waals surface area contributed by atoms with Crippen molar-refractivity contribution in [3.63, 3.8) is 0 Å². The third-order valence-corrected chi connectivity index (χ3v) is 5.70. The number of nitrogen functional groups attached to an aromatic ring is 1. The maximum Gasteiger partial charge on any atom is 0.410 e. The van der Waals surface area contributed by atoms with E-state index in [0.29, 0.717) is 23.9 Å². The minimum Gasteiger partial charge on any atom is -0.493 e. The van der Waals surface area contributed by atoms with Crippen LogP contribution in [0.2, 0.25) is 0 Å². The summed E-state index contributed by atoms with van der Waals surface area (Å²) in [6.07, 6.45) is 4.14. The van der Waals surface area contributed by atoms with Crippen molar-refractivity contribution in [3.05, 3.63) is 30.1 Å². The van der Waals surface area contributed by atoms with Crippen LogP contribution in [0.25, 0.3) is 21.7 Å². The zero-order chi connectivity index (χ0) is 23.0. The van der Waals surface area contributed by atoms with E-state index in [-0.39, 0.29) is 12.1 Å². The van der Waals surface area contributed by atoms with Crippen LogP contribution in [0.3, 0.4) is 0 Å². The molecule has 1 amide bonds. The number of likely N-dealkylation sites (tertiary alicyclic amines) is 1. The van der Waals surface area contributed by atoms with Gasteiger partial charge in [0.1, 0.15) is 11.4 Å². The fourth-order valence-electron chi connectivity index (χ4n) is 4.23. The third-order valence-electron chi connectivity index (χ3n) is 5.70. The molecule has 1 aliphatic rings. The van der Waals surface area contributed by atoms with Crippen LogP contribution in [0.1, 0.15) is 51.8 Å². The van der Waals surface area contributed by atoms with Crippen molar-refractivity contribution in [2.24, 2.45) is 0 Å². The number of hydrogen-bond acceptors (Lipinski definition) is 7. The van der Waals surface area contributed by atoms with E-state index in [1.165, 1.54) is 0 Å².